The molecule has 1 aromatic carbocycles. The molecular formula is C16H21NO6. The Balaban J connectivity index is 2.42. The molecular weight excluding hydrogens is 302 g/mol. The standard InChI is InChI=1S/C16H21NO6/c1-3-4-9-22-16(20)12-5-7-13(8-6-12)17-14(18)10-23-15(19)11-21-2/h5-8H,3-4,9-11H2,1-2H3,(H,17,18). The lowest BCUT2D eigenvalue weighted by molar-refractivity contribution is -0.150. The van der Waals surface area contributed by atoms with Gasteiger partial charge in [-0.15, -0.1) is 0 Å². The van der Waals surface area contributed by atoms with E-state index in [9.17, 15) is 14.4 Å². The number of carbonyl (C=O) groups excluding carboxylic acids is 3. The van der Waals surface area contributed by atoms with Crippen LogP contribution in [0, 0.1) is 0 Å². The predicted molar refractivity (Wildman–Crippen MR) is 83.1 cm³/mol. The average molecular weight is 323 g/mol. The van der Waals surface area contributed by atoms with Crippen LogP contribution in [-0.4, -0.2) is 44.8 Å². The normalized spacial score (nSPS) is 10.0. The maximum absolute atomic E-state index is 11.7. The summed E-state index contributed by atoms with van der Waals surface area (Å²) in [7, 11) is 1.36. The average Bonchev–Trinajstić information content (AvgIpc) is 2.54. The van der Waals surface area contributed by atoms with Crippen LogP contribution in [0.5, 0.6) is 0 Å². The van der Waals surface area contributed by atoms with Crippen molar-refractivity contribution in [2.24, 2.45) is 0 Å². The van der Waals surface area contributed by atoms with Gasteiger partial charge >= 0.3 is 11.9 Å². The van der Waals surface area contributed by atoms with Gasteiger partial charge in [-0.25, -0.2) is 9.59 Å². The summed E-state index contributed by atoms with van der Waals surface area (Å²) in [6, 6.07) is 6.26. The molecule has 0 aliphatic rings. The molecule has 0 fully saturated rings. The van der Waals surface area contributed by atoms with Gasteiger partial charge in [0.2, 0.25) is 0 Å². The van der Waals surface area contributed by atoms with Gasteiger partial charge in [-0.1, -0.05) is 13.3 Å². The maximum Gasteiger partial charge on any atom is 0.338 e. The van der Waals surface area contributed by atoms with Crippen molar-refractivity contribution >= 4 is 23.5 Å². The van der Waals surface area contributed by atoms with Crippen LogP contribution in [0.25, 0.3) is 0 Å². The van der Waals surface area contributed by atoms with Gasteiger partial charge in [-0.2, -0.15) is 0 Å². The predicted octanol–water partition coefficient (Wildman–Crippen LogP) is 1.77. The Morgan fingerprint density at radius 2 is 1.74 bits per heavy atom. The molecule has 0 spiro atoms. The molecule has 7 nitrogen and oxygen atoms in total. The molecule has 1 amide bonds. The first-order valence-corrected chi connectivity index (χ1v) is 7.28. The molecule has 0 aliphatic heterocycles. The monoisotopic (exact) mass is 323 g/mol. The van der Waals surface area contributed by atoms with Crippen molar-refractivity contribution in [1.29, 1.82) is 0 Å². The van der Waals surface area contributed by atoms with Crippen molar-refractivity contribution in [3.63, 3.8) is 0 Å². The van der Waals surface area contributed by atoms with Gasteiger partial charge < -0.3 is 19.5 Å². The number of unbranched alkanes of at least 4 members (excludes halogenated alkanes) is 1. The Morgan fingerprint density at radius 3 is 2.35 bits per heavy atom. The lowest BCUT2D eigenvalue weighted by atomic mass is 10.2. The van der Waals surface area contributed by atoms with Crippen molar-refractivity contribution in [2.45, 2.75) is 19.8 Å². The van der Waals surface area contributed by atoms with E-state index in [1.807, 2.05) is 6.92 Å². The highest BCUT2D eigenvalue weighted by Gasteiger charge is 2.09. The Morgan fingerprint density at radius 1 is 1.04 bits per heavy atom. The van der Waals surface area contributed by atoms with Crippen LogP contribution in [0.4, 0.5) is 5.69 Å². The second-order valence-corrected chi connectivity index (χ2v) is 4.71. The Hall–Kier alpha value is -2.41. The van der Waals surface area contributed by atoms with E-state index < -0.39 is 24.5 Å². The van der Waals surface area contributed by atoms with E-state index in [2.05, 4.69) is 14.8 Å². The molecule has 1 aromatic rings. The SMILES string of the molecule is CCCCOC(=O)c1ccc(NC(=O)COC(=O)COC)cc1. The van der Waals surface area contributed by atoms with Crippen molar-refractivity contribution in [3.8, 4) is 0 Å². The molecule has 0 saturated heterocycles. The summed E-state index contributed by atoms with van der Waals surface area (Å²) in [6.07, 6.45) is 1.77. The van der Waals surface area contributed by atoms with Gasteiger partial charge in [-0.05, 0) is 30.7 Å². The number of methoxy groups -OCH3 is 1. The summed E-state index contributed by atoms with van der Waals surface area (Å²) in [5.41, 5.74) is 0.897. The maximum atomic E-state index is 11.7. The summed E-state index contributed by atoms with van der Waals surface area (Å²) in [4.78, 5) is 34.4. The molecule has 0 aromatic heterocycles. The van der Waals surface area contributed by atoms with Gasteiger partial charge in [0.1, 0.15) is 6.61 Å². The zero-order valence-electron chi connectivity index (χ0n) is 13.3. The second-order valence-electron chi connectivity index (χ2n) is 4.71. The summed E-state index contributed by atoms with van der Waals surface area (Å²) >= 11 is 0. The zero-order valence-corrected chi connectivity index (χ0v) is 13.3. The fourth-order valence-corrected chi connectivity index (χ4v) is 1.58. The van der Waals surface area contributed by atoms with E-state index in [0.717, 1.165) is 12.8 Å². The fraction of sp³-hybridized carbons (Fsp3) is 0.438. The topological polar surface area (TPSA) is 90.9 Å². The van der Waals surface area contributed by atoms with Crippen molar-refractivity contribution in [2.75, 3.05) is 32.2 Å². The number of anilines is 1. The summed E-state index contributed by atoms with van der Waals surface area (Å²) < 4.78 is 14.3. The molecule has 7 heteroatoms. The van der Waals surface area contributed by atoms with Gasteiger partial charge in [0.25, 0.3) is 5.91 Å². The van der Waals surface area contributed by atoms with Crippen LogP contribution in [0.3, 0.4) is 0 Å². The zero-order chi connectivity index (χ0) is 17.1. The molecule has 0 saturated carbocycles. The Kier molecular flexibility index (Phi) is 8.38. The molecule has 1 rings (SSSR count). The third-order valence-electron chi connectivity index (χ3n) is 2.76. The third-order valence-corrected chi connectivity index (χ3v) is 2.76. The fourth-order valence-electron chi connectivity index (χ4n) is 1.58. The Bertz CT molecular complexity index is 526. The van der Waals surface area contributed by atoms with E-state index in [4.69, 9.17) is 4.74 Å². The first-order chi connectivity index (χ1) is 11.1. The van der Waals surface area contributed by atoms with Crippen LogP contribution < -0.4 is 5.32 Å². The molecule has 23 heavy (non-hydrogen) atoms. The number of nitrogens with one attached hydrogen (secondary N) is 1. The Labute approximate surface area is 134 Å². The molecule has 0 aliphatic carbocycles. The highest BCUT2D eigenvalue weighted by Crippen LogP contribution is 2.11. The number of esters is 2. The highest BCUT2D eigenvalue weighted by molar-refractivity contribution is 5.94. The van der Waals surface area contributed by atoms with Crippen LogP contribution >= 0.6 is 0 Å². The van der Waals surface area contributed by atoms with Gasteiger partial charge in [0, 0.05) is 12.8 Å². The molecule has 0 unspecified atom stereocenters. The number of rotatable bonds is 9. The molecule has 0 radical (unpaired) electrons. The van der Waals surface area contributed by atoms with Crippen molar-refractivity contribution < 1.29 is 28.6 Å². The molecule has 1 N–H and O–H groups in total. The van der Waals surface area contributed by atoms with E-state index in [-0.39, 0.29) is 6.61 Å². The van der Waals surface area contributed by atoms with E-state index in [0.29, 0.717) is 17.9 Å². The lowest BCUT2D eigenvalue weighted by Gasteiger charge is -2.07. The first kappa shape index (κ1) is 18.6. The highest BCUT2D eigenvalue weighted by atomic mass is 16.6. The minimum atomic E-state index is -0.618. The number of amides is 1. The van der Waals surface area contributed by atoms with Gasteiger partial charge in [-0.3, -0.25) is 4.79 Å². The van der Waals surface area contributed by atoms with Crippen LogP contribution in [0.2, 0.25) is 0 Å². The summed E-state index contributed by atoms with van der Waals surface area (Å²) in [5, 5.41) is 2.55. The second kappa shape index (κ2) is 10.3. The van der Waals surface area contributed by atoms with Crippen LogP contribution in [-0.2, 0) is 23.8 Å². The molecule has 0 atom stereocenters. The molecule has 126 valence electrons. The van der Waals surface area contributed by atoms with Gasteiger partial charge in [0.05, 0.1) is 12.2 Å². The van der Waals surface area contributed by atoms with Crippen molar-refractivity contribution in [3.05, 3.63) is 29.8 Å². The lowest BCUT2D eigenvalue weighted by Crippen LogP contribution is -2.22. The number of hydrogen-bond donors (Lipinski definition) is 1. The third kappa shape index (κ3) is 7.42. The number of hydrogen-bond acceptors (Lipinski definition) is 6. The largest absolute Gasteiger partial charge is 0.462 e. The van der Waals surface area contributed by atoms with Crippen LogP contribution in [0.1, 0.15) is 30.1 Å². The number of carbonyl (C=O) groups is 3. The summed E-state index contributed by atoms with van der Waals surface area (Å²) in [5.74, 6) is -1.50. The van der Waals surface area contributed by atoms with E-state index in [1.54, 1.807) is 24.3 Å². The van der Waals surface area contributed by atoms with Gasteiger partial charge in [0.15, 0.2) is 6.61 Å². The first-order valence-electron chi connectivity index (χ1n) is 7.28. The number of benzene rings is 1. The van der Waals surface area contributed by atoms with E-state index in [1.165, 1.54) is 7.11 Å². The smallest absolute Gasteiger partial charge is 0.338 e. The number of ether oxygens (including phenoxy) is 3. The summed E-state index contributed by atoms with van der Waals surface area (Å²) in [6.45, 7) is 1.80. The minimum Gasteiger partial charge on any atom is -0.462 e. The van der Waals surface area contributed by atoms with E-state index >= 15 is 0 Å². The molecule has 0 heterocycles. The van der Waals surface area contributed by atoms with Crippen LogP contribution in [0.15, 0.2) is 24.3 Å². The minimum absolute atomic E-state index is 0.206. The van der Waals surface area contributed by atoms with Crippen molar-refractivity contribution in [1.82, 2.24) is 0 Å². The molecule has 0 bridgehead atoms. The quantitative estimate of drug-likeness (QED) is 0.550.